The molecule has 1 unspecified atom stereocenters. The molecule has 0 saturated carbocycles. The molecule has 1 heterocycles. The van der Waals surface area contributed by atoms with E-state index in [9.17, 15) is 8.42 Å². The molecular weight excluding hydrogens is 286 g/mol. The molecule has 0 aliphatic carbocycles. The van der Waals surface area contributed by atoms with Crippen molar-refractivity contribution >= 4 is 10.2 Å². The van der Waals surface area contributed by atoms with Crippen LogP contribution in [0.4, 0.5) is 0 Å². The highest BCUT2D eigenvalue weighted by Gasteiger charge is 2.35. The van der Waals surface area contributed by atoms with Gasteiger partial charge in [-0.05, 0) is 30.4 Å². The van der Waals surface area contributed by atoms with Gasteiger partial charge in [0.2, 0.25) is 0 Å². The summed E-state index contributed by atoms with van der Waals surface area (Å²) in [6.07, 6.45) is 0.748. The van der Waals surface area contributed by atoms with Gasteiger partial charge in [0.25, 0.3) is 10.2 Å². The third-order valence-corrected chi connectivity index (χ3v) is 6.21. The fourth-order valence-corrected chi connectivity index (χ4v) is 4.11. The normalized spacial score (nSPS) is 19.3. The largest absolute Gasteiger partial charge is 0.329 e. The molecule has 0 amide bonds. The van der Waals surface area contributed by atoms with Crippen LogP contribution >= 0.6 is 0 Å². The van der Waals surface area contributed by atoms with Gasteiger partial charge in [-0.1, -0.05) is 38.1 Å². The average molecular weight is 311 g/mol. The lowest BCUT2D eigenvalue weighted by molar-refractivity contribution is 0.296. The third-order valence-electron chi connectivity index (χ3n) is 4.50. The molecule has 0 spiro atoms. The minimum Gasteiger partial charge on any atom is -0.329 e. The number of nitrogens with two attached hydrogens (primary N) is 1. The van der Waals surface area contributed by atoms with Gasteiger partial charge in [-0.25, -0.2) is 0 Å². The Morgan fingerprint density at radius 3 is 2.52 bits per heavy atom. The zero-order valence-corrected chi connectivity index (χ0v) is 13.8. The van der Waals surface area contributed by atoms with Gasteiger partial charge in [-0.15, -0.1) is 0 Å². The monoisotopic (exact) mass is 311 g/mol. The Morgan fingerprint density at radius 2 is 1.95 bits per heavy atom. The molecule has 0 saturated heterocycles. The van der Waals surface area contributed by atoms with E-state index in [1.165, 1.54) is 9.87 Å². The second kappa shape index (κ2) is 6.04. The van der Waals surface area contributed by atoms with Crippen molar-refractivity contribution in [3.8, 4) is 0 Å². The van der Waals surface area contributed by atoms with Crippen molar-refractivity contribution in [1.82, 2.24) is 9.03 Å². The molecule has 1 aromatic rings. The smallest absolute Gasteiger partial charge is 0.280 e. The topological polar surface area (TPSA) is 75.4 Å². The fraction of sp³-hybridized carbons (Fsp3) is 0.600. The second-order valence-electron chi connectivity index (χ2n) is 6.24. The summed E-state index contributed by atoms with van der Waals surface area (Å²) in [5.41, 5.74) is 7.45. The molecule has 0 bridgehead atoms. The van der Waals surface area contributed by atoms with Gasteiger partial charge in [0.1, 0.15) is 0 Å². The van der Waals surface area contributed by atoms with E-state index in [-0.39, 0.29) is 12.5 Å². The van der Waals surface area contributed by atoms with E-state index in [1.54, 1.807) is 0 Å². The zero-order chi connectivity index (χ0) is 15.7. The molecular formula is C15H25N3O2S. The van der Waals surface area contributed by atoms with Crippen molar-refractivity contribution in [3.05, 3.63) is 35.4 Å². The quantitative estimate of drug-likeness (QED) is 0.859. The van der Waals surface area contributed by atoms with E-state index in [2.05, 4.69) is 10.8 Å². The van der Waals surface area contributed by atoms with E-state index in [0.29, 0.717) is 13.1 Å². The molecule has 2 rings (SSSR count). The summed E-state index contributed by atoms with van der Waals surface area (Å²) in [4.78, 5) is 0. The first-order valence-electron chi connectivity index (χ1n) is 7.34. The summed E-state index contributed by atoms with van der Waals surface area (Å²) < 4.78 is 29.6. The summed E-state index contributed by atoms with van der Waals surface area (Å²) in [6.45, 7) is 7.00. The van der Waals surface area contributed by atoms with Gasteiger partial charge in [-0.2, -0.15) is 17.4 Å². The van der Waals surface area contributed by atoms with Crippen LogP contribution in [0.1, 0.15) is 31.9 Å². The van der Waals surface area contributed by atoms with Crippen LogP contribution in [0.5, 0.6) is 0 Å². The van der Waals surface area contributed by atoms with Crippen LogP contribution in [-0.2, 0) is 23.2 Å². The van der Waals surface area contributed by atoms with Crippen LogP contribution in [0, 0.1) is 5.92 Å². The Bertz CT molecular complexity index is 601. The molecule has 5 nitrogen and oxygen atoms in total. The minimum absolute atomic E-state index is 0.120. The van der Waals surface area contributed by atoms with Crippen molar-refractivity contribution in [2.45, 2.75) is 39.3 Å². The Hall–Kier alpha value is -0.950. The molecule has 3 N–H and O–H groups in total. The molecule has 0 radical (unpaired) electrons. The Balaban J connectivity index is 2.18. The van der Waals surface area contributed by atoms with Gasteiger partial charge < -0.3 is 5.73 Å². The van der Waals surface area contributed by atoms with Crippen LogP contribution < -0.4 is 10.5 Å². The first-order chi connectivity index (χ1) is 9.78. The highest BCUT2D eigenvalue weighted by atomic mass is 32.2. The zero-order valence-electron chi connectivity index (χ0n) is 13.0. The maximum atomic E-state index is 12.6. The minimum atomic E-state index is -3.54. The highest BCUT2D eigenvalue weighted by Crippen LogP contribution is 2.23. The summed E-state index contributed by atoms with van der Waals surface area (Å²) in [5.74, 6) is 0.120. The summed E-state index contributed by atoms with van der Waals surface area (Å²) >= 11 is 0. The number of nitrogens with zero attached hydrogens (tertiary/aromatic N) is 1. The first kappa shape index (κ1) is 16.4. The van der Waals surface area contributed by atoms with Crippen molar-refractivity contribution < 1.29 is 8.42 Å². The SMILES string of the molecule is CC(C)C(C)(CN)NS(=O)(=O)N1CCc2ccccc2C1. The van der Waals surface area contributed by atoms with E-state index in [1.807, 2.05) is 39.0 Å². The summed E-state index contributed by atoms with van der Waals surface area (Å²) in [7, 11) is -3.54. The van der Waals surface area contributed by atoms with E-state index in [0.717, 1.165) is 12.0 Å². The molecule has 1 atom stereocenters. The molecule has 1 aliphatic rings. The maximum absolute atomic E-state index is 12.6. The van der Waals surface area contributed by atoms with Gasteiger partial charge >= 0.3 is 0 Å². The number of nitrogens with one attached hydrogen (secondary N) is 1. The second-order valence-corrected chi connectivity index (χ2v) is 7.91. The summed E-state index contributed by atoms with van der Waals surface area (Å²) in [6, 6.07) is 7.98. The maximum Gasteiger partial charge on any atom is 0.280 e. The van der Waals surface area contributed by atoms with E-state index in [4.69, 9.17) is 5.73 Å². The molecule has 0 fully saturated rings. The van der Waals surface area contributed by atoms with Crippen molar-refractivity contribution in [3.63, 3.8) is 0 Å². The van der Waals surface area contributed by atoms with Crippen molar-refractivity contribution in [2.75, 3.05) is 13.1 Å². The predicted molar refractivity (Wildman–Crippen MR) is 84.9 cm³/mol. The number of hydrogen-bond acceptors (Lipinski definition) is 3. The van der Waals surface area contributed by atoms with Gasteiger partial charge in [-0.3, -0.25) is 0 Å². The highest BCUT2D eigenvalue weighted by molar-refractivity contribution is 7.87. The standard InChI is InChI=1S/C15H25N3O2S/c1-12(2)15(3,11-16)17-21(19,20)18-9-8-13-6-4-5-7-14(13)10-18/h4-7,12,17H,8-11,16H2,1-3H3. The Labute approximate surface area is 127 Å². The fourth-order valence-electron chi connectivity index (χ4n) is 2.43. The Kier molecular flexibility index (Phi) is 4.72. The van der Waals surface area contributed by atoms with Crippen LogP contribution in [0.3, 0.4) is 0 Å². The van der Waals surface area contributed by atoms with Crippen molar-refractivity contribution in [2.24, 2.45) is 11.7 Å². The van der Waals surface area contributed by atoms with Crippen LogP contribution in [0.25, 0.3) is 0 Å². The lowest BCUT2D eigenvalue weighted by atomic mass is 9.90. The molecule has 0 aromatic heterocycles. The average Bonchev–Trinajstić information content (AvgIpc) is 2.46. The number of hydrogen-bond donors (Lipinski definition) is 2. The van der Waals surface area contributed by atoms with E-state index < -0.39 is 15.7 Å². The molecule has 21 heavy (non-hydrogen) atoms. The third kappa shape index (κ3) is 3.45. The molecule has 6 heteroatoms. The van der Waals surface area contributed by atoms with Crippen LogP contribution in [-0.4, -0.2) is 31.4 Å². The lowest BCUT2D eigenvalue weighted by Gasteiger charge is -2.36. The van der Waals surface area contributed by atoms with Crippen LogP contribution in [0.15, 0.2) is 24.3 Å². The van der Waals surface area contributed by atoms with Crippen molar-refractivity contribution in [1.29, 1.82) is 0 Å². The van der Waals surface area contributed by atoms with Gasteiger partial charge in [0.15, 0.2) is 0 Å². The molecule has 1 aromatic carbocycles. The Morgan fingerprint density at radius 1 is 1.33 bits per heavy atom. The lowest BCUT2D eigenvalue weighted by Crippen LogP contribution is -2.58. The summed E-state index contributed by atoms with van der Waals surface area (Å²) in [5, 5.41) is 0. The van der Waals surface area contributed by atoms with Gasteiger partial charge in [0, 0.05) is 25.2 Å². The van der Waals surface area contributed by atoms with Crippen LogP contribution in [0.2, 0.25) is 0 Å². The molecule has 1 aliphatic heterocycles. The first-order valence-corrected chi connectivity index (χ1v) is 8.78. The predicted octanol–water partition coefficient (Wildman–Crippen LogP) is 1.25. The number of fused-ring (bicyclic) bond motifs is 1. The molecule has 118 valence electrons. The van der Waals surface area contributed by atoms with Gasteiger partial charge in [0.05, 0.1) is 0 Å². The number of rotatable bonds is 5. The number of benzene rings is 1. The van der Waals surface area contributed by atoms with E-state index >= 15 is 0 Å².